The molecular weight excluding hydrogens is 270 g/mol. The zero-order chi connectivity index (χ0) is 15.0. The van der Waals surface area contributed by atoms with Crippen LogP contribution in [0.3, 0.4) is 0 Å². The summed E-state index contributed by atoms with van der Waals surface area (Å²) in [4.78, 5) is 18.3. The molecule has 1 aromatic heterocycles. The molecule has 2 atom stereocenters. The molecule has 0 aliphatic heterocycles. The molecule has 1 aromatic carbocycles. The molecule has 0 radical (unpaired) electrons. The Labute approximate surface area is 122 Å². The Morgan fingerprint density at radius 1 is 1.43 bits per heavy atom. The van der Waals surface area contributed by atoms with Gasteiger partial charge in [0.05, 0.1) is 12.0 Å². The number of carbonyl (C=O) groups is 1. The third-order valence-electron chi connectivity index (χ3n) is 3.84. The number of nitrogens with one attached hydrogen (secondary N) is 1. The third-order valence-corrected chi connectivity index (χ3v) is 3.84. The molecule has 2 aromatic rings. The average molecular weight is 289 g/mol. The second kappa shape index (κ2) is 5.37. The first-order chi connectivity index (χ1) is 10.0. The number of hydrogen-bond acceptors (Lipinski definition) is 5. The summed E-state index contributed by atoms with van der Waals surface area (Å²) >= 11 is 0. The molecule has 1 saturated carbocycles. The molecule has 0 spiro atoms. The molecule has 1 aliphatic rings. The number of aliphatic hydroxyl groups is 1. The van der Waals surface area contributed by atoms with Gasteiger partial charge in [0.15, 0.2) is 5.58 Å². The number of aliphatic hydroxyl groups excluding tert-OH is 1. The topological polar surface area (TPSA) is 78.6 Å². The number of nitrogens with zero attached hydrogens (tertiary/aromatic N) is 2. The predicted molar refractivity (Wildman–Crippen MR) is 80.3 cm³/mol. The first kappa shape index (κ1) is 13.9. The number of hydrogen-bond donors (Lipinski definition) is 2. The van der Waals surface area contributed by atoms with Crippen LogP contribution < -0.4 is 10.2 Å². The van der Waals surface area contributed by atoms with E-state index >= 15 is 0 Å². The van der Waals surface area contributed by atoms with Crippen LogP contribution in [0.1, 0.15) is 19.3 Å². The number of fused-ring (bicyclic) bond motifs is 1. The summed E-state index contributed by atoms with van der Waals surface area (Å²) in [6, 6.07) is 5.89. The summed E-state index contributed by atoms with van der Waals surface area (Å²) in [7, 11) is 3.71. The number of amides is 1. The third kappa shape index (κ3) is 2.71. The second-order valence-electron chi connectivity index (χ2n) is 5.67. The van der Waals surface area contributed by atoms with Gasteiger partial charge < -0.3 is 19.7 Å². The van der Waals surface area contributed by atoms with E-state index in [1.807, 2.05) is 20.2 Å². The molecule has 6 heteroatoms. The Morgan fingerprint density at radius 3 is 2.90 bits per heavy atom. The van der Waals surface area contributed by atoms with Gasteiger partial charge in [-0.15, -0.1) is 0 Å². The monoisotopic (exact) mass is 289 g/mol. The Kier molecular flexibility index (Phi) is 3.55. The zero-order valence-electron chi connectivity index (χ0n) is 12.2. The first-order valence-corrected chi connectivity index (χ1v) is 7.11. The van der Waals surface area contributed by atoms with E-state index in [0.29, 0.717) is 23.7 Å². The van der Waals surface area contributed by atoms with E-state index in [-0.39, 0.29) is 11.8 Å². The number of benzene rings is 1. The fourth-order valence-electron chi connectivity index (χ4n) is 2.66. The Hall–Kier alpha value is -2.08. The molecule has 1 amide bonds. The van der Waals surface area contributed by atoms with Crippen LogP contribution in [0.4, 0.5) is 11.7 Å². The highest BCUT2D eigenvalue weighted by atomic mass is 16.4. The molecule has 21 heavy (non-hydrogen) atoms. The molecular formula is C15H19N3O3. The maximum absolute atomic E-state index is 12.1. The quantitative estimate of drug-likeness (QED) is 0.903. The molecule has 1 fully saturated rings. The van der Waals surface area contributed by atoms with E-state index in [1.165, 1.54) is 0 Å². The van der Waals surface area contributed by atoms with Crippen LogP contribution in [0.5, 0.6) is 0 Å². The fourth-order valence-corrected chi connectivity index (χ4v) is 2.66. The van der Waals surface area contributed by atoms with E-state index in [0.717, 1.165) is 18.4 Å². The van der Waals surface area contributed by atoms with Crippen LogP contribution >= 0.6 is 0 Å². The van der Waals surface area contributed by atoms with Crippen molar-refractivity contribution in [3.05, 3.63) is 18.2 Å². The first-order valence-electron chi connectivity index (χ1n) is 7.11. The van der Waals surface area contributed by atoms with Crippen LogP contribution in [0.2, 0.25) is 0 Å². The van der Waals surface area contributed by atoms with Crippen LogP contribution in [0, 0.1) is 5.92 Å². The van der Waals surface area contributed by atoms with Crippen LogP contribution in [0.25, 0.3) is 11.1 Å². The summed E-state index contributed by atoms with van der Waals surface area (Å²) in [5.41, 5.74) is 2.04. The number of anilines is 2. The van der Waals surface area contributed by atoms with Crippen molar-refractivity contribution in [2.24, 2.45) is 5.92 Å². The zero-order valence-corrected chi connectivity index (χ0v) is 12.2. The smallest absolute Gasteiger partial charge is 0.297 e. The Balaban J connectivity index is 1.79. The van der Waals surface area contributed by atoms with Gasteiger partial charge in [0.2, 0.25) is 5.91 Å². The molecule has 112 valence electrons. The van der Waals surface area contributed by atoms with E-state index in [2.05, 4.69) is 10.3 Å². The van der Waals surface area contributed by atoms with Gasteiger partial charge in [0.25, 0.3) is 6.01 Å². The number of carbonyl (C=O) groups excluding carboxylic acids is 1. The molecule has 1 heterocycles. The van der Waals surface area contributed by atoms with Gasteiger partial charge in [0.1, 0.15) is 5.52 Å². The Bertz CT molecular complexity index is 665. The summed E-state index contributed by atoms with van der Waals surface area (Å²) in [6.45, 7) is 0. The van der Waals surface area contributed by atoms with Crippen molar-refractivity contribution in [1.82, 2.24) is 4.98 Å². The van der Waals surface area contributed by atoms with Crippen molar-refractivity contribution in [1.29, 1.82) is 0 Å². The minimum Gasteiger partial charge on any atom is -0.423 e. The van der Waals surface area contributed by atoms with Crippen molar-refractivity contribution in [3.8, 4) is 0 Å². The average Bonchev–Trinajstić information content (AvgIpc) is 3.04. The molecule has 1 aliphatic carbocycles. The van der Waals surface area contributed by atoms with Gasteiger partial charge in [-0.2, -0.15) is 4.98 Å². The van der Waals surface area contributed by atoms with Crippen LogP contribution in [0.15, 0.2) is 22.6 Å². The van der Waals surface area contributed by atoms with Crippen molar-refractivity contribution in [3.63, 3.8) is 0 Å². The molecule has 2 N–H and O–H groups in total. The molecule has 3 rings (SSSR count). The van der Waals surface area contributed by atoms with E-state index < -0.39 is 6.10 Å². The summed E-state index contributed by atoms with van der Waals surface area (Å²) in [6.07, 6.45) is 1.81. The van der Waals surface area contributed by atoms with Gasteiger partial charge in [0, 0.05) is 25.8 Å². The van der Waals surface area contributed by atoms with Crippen molar-refractivity contribution >= 4 is 28.7 Å². The van der Waals surface area contributed by atoms with Gasteiger partial charge in [-0.25, -0.2) is 0 Å². The standard InChI is InChI=1S/C15H19N3O3/c1-18(2)15-17-11-7-6-9(8-13(11)21-15)16-14(20)10-4-3-5-12(10)19/h6-8,10,12,19H,3-5H2,1-2H3,(H,16,20). The summed E-state index contributed by atoms with van der Waals surface area (Å²) in [5.74, 6) is -0.445. The van der Waals surface area contributed by atoms with Crippen molar-refractivity contribution in [2.45, 2.75) is 25.4 Å². The summed E-state index contributed by atoms with van der Waals surface area (Å²) < 4.78 is 5.61. The highest BCUT2D eigenvalue weighted by molar-refractivity contribution is 5.94. The lowest BCUT2D eigenvalue weighted by molar-refractivity contribution is -0.122. The number of aromatic nitrogens is 1. The van der Waals surface area contributed by atoms with Gasteiger partial charge >= 0.3 is 0 Å². The second-order valence-corrected chi connectivity index (χ2v) is 5.67. The van der Waals surface area contributed by atoms with E-state index in [4.69, 9.17) is 4.42 Å². The van der Waals surface area contributed by atoms with Crippen molar-refractivity contribution in [2.75, 3.05) is 24.3 Å². The molecule has 0 saturated heterocycles. The maximum atomic E-state index is 12.1. The minimum absolute atomic E-state index is 0.133. The van der Waals surface area contributed by atoms with E-state index in [9.17, 15) is 9.90 Å². The predicted octanol–water partition coefficient (Wildman–Crippen LogP) is 1.99. The lowest BCUT2D eigenvalue weighted by Crippen LogP contribution is -2.28. The van der Waals surface area contributed by atoms with E-state index in [1.54, 1.807) is 17.0 Å². The normalized spacial score (nSPS) is 21.7. The summed E-state index contributed by atoms with van der Waals surface area (Å²) in [5, 5.41) is 12.6. The Morgan fingerprint density at radius 2 is 2.24 bits per heavy atom. The van der Waals surface area contributed by atoms with Crippen LogP contribution in [-0.4, -0.2) is 36.2 Å². The van der Waals surface area contributed by atoms with Gasteiger partial charge in [-0.05, 0) is 31.4 Å². The highest BCUT2D eigenvalue weighted by Crippen LogP contribution is 2.28. The lowest BCUT2D eigenvalue weighted by atomic mass is 10.1. The largest absolute Gasteiger partial charge is 0.423 e. The van der Waals surface area contributed by atoms with Gasteiger partial charge in [-0.3, -0.25) is 4.79 Å². The lowest BCUT2D eigenvalue weighted by Gasteiger charge is -2.14. The molecule has 0 bridgehead atoms. The SMILES string of the molecule is CN(C)c1nc2ccc(NC(=O)C3CCCC3O)cc2o1. The van der Waals surface area contributed by atoms with Crippen LogP contribution in [-0.2, 0) is 4.79 Å². The van der Waals surface area contributed by atoms with Gasteiger partial charge in [-0.1, -0.05) is 0 Å². The highest BCUT2D eigenvalue weighted by Gasteiger charge is 2.31. The fraction of sp³-hybridized carbons (Fsp3) is 0.467. The molecule has 2 unspecified atom stereocenters. The number of rotatable bonds is 3. The minimum atomic E-state index is -0.528. The van der Waals surface area contributed by atoms with Crippen molar-refractivity contribution < 1.29 is 14.3 Å². The molecule has 6 nitrogen and oxygen atoms in total. The maximum Gasteiger partial charge on any atom is 0.297 e. The number of oxazole rings is 1.